The van der Waals surface area contributed by atoms with Crippen molar-refractivity contribution in [2.75, 3.05) is 0 Å². The van der Waals surface area contributed by atoms with E-state index in [0.717, 1.165) is 0 Å². The molecule has 6 nitrogen and oxygen atoms in total. The minimum atomic E-state index is -1.80. The number of hydrogen-bond acceptors (Lipinski definition) is 4. The molecule has 94 valence electrons. The molecule has 0 aliphatic heterocycles. The van der Waals surface area contributed by atoms with Crippen molar-refractivity contribution in [2.24, 2.45) is 5.73 Å². The molecule has 3 N–H and O–H groups in total. The molecule has 0 bridgehead atoms. The first kappa shape index (κ1) is 15.8. The van der Waals surface area contributed by atoms with Crippen LogP contribution in [0.1, 0.15) is 12.5 Å². The summed E-state index contributed by atoms with van der Waals surface area (Å²) in [5.74, 6) is -1.33. The number of nitro benzene ring substituents is 1. The predicted octanol–water partition coefficient (Wildman–Crippen LogP) is 2.04. The number of halogens is 2. The second-order valence-corrected chi connectivity index (χ2v) is 4.25. The monoisotopic (exact) mass is 324 g/mol. The molecule has 0 heterocycles. The Kier molecular flexibility index (Phi) is 5.06. The van der Waals surface area contributed by atoms with E-state index in [2.05, 4.69) is 15.9 Å². The maximum absolute atomic E-state index is 10.9. The van der Waals surface area contributed by atoms with Crippen LogP contribution in [-0.2, 0) is 10.3 Å². The zero-order valence-electron chi connectivity index (χ0n) is 8.71. The summed E-state index contributed by atoms with van der Waals surface area (Å²) >= 11 is 3.00. The van der Waals surface area contributed by atoms with Crippen molar-refractivity contribution in [1.29, 1.82) is 0 Å². The molecule has 0 aromatic heterocycles. The van der Waals surface area contributed by atoms with Gasteiger partial charge < -0.3 is 10.8 Å². The van der Waals surface area contributed by atoms with E-state index < -0.39 is 16.4 Å². The number of benzene rings is 1. The Morgan fingerprint density at radius 2 is 2.12 bits per heavy atom. The molecule has 0 saturated carbocycles. The lowest BCUT2D eigenvalue weighted by molar-refractivity contribution is -0.386. The zero-order chi connectivity index (χ0) is 12.5. The Labute approximate surface area is 111 Å². The highest BCUT2D eigenvalue weighted by Crippen LogP contribution is 2.34. The smallest absolute Gasteiger partial charge is 0.328 e. The standard InChI is InChI=1S/C9H9BrN2O4.ClH/c1-9(11,8(13)14)5-3-2-4-6(10)7(5)12(15)16;/h2-4H,11H2,1H3,(H,13,14);1H/t9-;/m1./s1. The fraction of sp³-hybridized carbons (Fsp3) is 0.222. The van der Waals surface area contributed by atoms with Gasteiger partial charge in [-0.05, 0) is 35.0 Å². The van der Waals surface area contributed by atoms with Crippen LogP contribution in [0.4, 0.5) is 5.69 Å². The number of rotatable bonds is 3. The van der Waals surface area contributed by atoms with E-state index >= 15 is 0 Å². The maximum Gasteiger partial charge on any atom is 0.328 e. The normalized spacial score (nSPS) is 13.4. The summed E-state index contributed by atoms with van der Waals surface area (Å²) < 4.78 is 0.202. The maximum atomic E-state index is 10.9. The molecule has 0 amide bonds. The minimum absolute atomic E-state index is 0. The average Bonchev–Trinajstić information content (AvgIpc) is 2.16. The molecule has 0 aliphatic rings. The summed E-state index contributed by atoms with van der Waals surface area (Å²) in [6.45, 7) is 1.21. The predicted molar refractivity (Wildman–Crippen MR) is 67.2 cm³/mol. The van der Waals surface area contributed by atoms with E-state index in [0.29, 0.717) is 0 Å². The van der Waals surface area contributed by atoms with Gasteiger partial charge in [0.2, 0.25) is 0 Å². The minimum Gasteiger partial charge on any atom is -0.480 e. The summed E-state index contributed by atoms with van der Waals surface area (Å²) in [7, 11) is 0. The van der Waals surface area contributed by atoms with Crippen LogP contribution in [0, 0.1) is 10.1 Å². The van der Waals surface area contributed by atoms with Gasteiger partial charge >= 0.3 is 5.97 Å². The Morgan fingerprint density at radius 1 is 1.59 bits per heavy atom. The van der Waals surface area contributed by atoms with Gasteiger partial charge in [-0.2, -0.15) is 0 Å². The molecule has 1 aromatic carbocycles. The van der Waals surface area contributed by atoms with Crippen LogP contribution in [0.2, 0.25) is 0 Å². The number of nitro groups is 1. The number of hydrogen-bond donors (Lipinski definition) is 2. The largest absolute Gasteiger partial charge is 0.480 e. The van der Waals surface area contributed by atoms with Crippen molar-refractivity contribution in [3.8, 4) is 0 Å². The van der Waals surface area contributed by atoms with Crippen LogP contribution in [0.15, 0.2) is 22.7 Å². The number of carboxylic acids is 1. The summed E-state index contributed by atoms with van der Waals surface area (Å²) in [5, 5.41) is 19.8. The second-order valence-electron chi connectivity index (χ2n) is 3.40. The van der Waals surface area contributed by atoms with Crippen molar-refractivity contribution in [2.45, 2.75) is 12.5 Å². The average molecular weight is 326 g/mol. The van der Waals surface area contributed by atoms with Crippen molar-refractivity contribution in [3.05, 3.63) is 38.3 Å². The lowest BCUT2D eigenvalue weighted by atomic mass is 9.92. The fourth-order valence-corrected chi connectivity index (χ4v) is 1.75. The van der Waals surface area contributed by atoms with Gasteiger partial charge in [-0.1, -0.05) is 6.07 Å². The van der Waals surface area contributed by atoms with Gasteiger partial charge in [-0.3, -0.25) is 10.1 Å². The molecule has 1 aromatic rings. The van der Waals surface area contributed by atoms with Gasteiger partial charge in [0.25, 0.3) is 5.69 Å². The van der Waals surface area contributed by atoms with Gasteiger partial charge in [0.15, 0.2) is 0 Å². The van der Waals surface area contributed by atoms with Gasteiger partial charge in [-0.25, -0.2) is 4.79 Å². The molecule has 1 atom stereocenters. The van der Waals surface area contributed by atoms with Crippen molar-refractivity contribution in [1.82, 2.24) is 0 Å². The number of nitrogens with zero attached hydrogens (tertiary/aromatic N) is 1. The van der Waals surface area contributed by atoms with Crippen molar-refractivity contribution < 1.29 is 14.8 Å². The Morgan fingerprint density at radius 3 is 2.53 bits per heavy atom. The first-order chi connectivity index (χ1) is 7.28. The van der Waals surface area contributed by atoms with E-state index in [4.69, 9.17) is 10.8 Å². The zero-order valence-corrected chi connectivity index (χ0v) is 11.1. The molecular formula is C9H10BrClN2O4. The van der Waals surface area contributed by atoms with Gasteiger partial charge in [0.05, 0.1) is 15.0 Å². The molecular weight excluding hydrogens is 315 g/mol. The van der Waals surface area contributed by atoms with Gasteiger partial charge in [-0.15, -0.1) is 12.4 Å². The first-order valence-corrected chi connectivity index (χ1v) is 5.03. The van der Waals surface area contributed by atoms with Crippen molar-refractivity contribution >= 4 is 40.0 Å². The molecule has 1 rings (SSSR count). The van der Waals surface area contributed by atoms with Crippen LogP contribution in [0.5, 0.6) is 0 Å². The number of para-hydroxylation sites is 1. The van der Waals surface area contributed by atoms with E-state index in [1.54, 1.807) is 0 Å². The third kappa shape index (κ3) is 2.93. The number of aliphatic carboxylic acids is 1. The van der Waals surface area contributed by atoms with Crippen LogP contribution in [-0.4, -0.2) is 16.0 Å². The van der Waals surface area contributed by atoms with E-state index in [1.807, 2.05) is 0 Å². The molecule has 0 aliphatic carbocycles. The second kappa shape index (κ2) is 5.44. The molecule has 17 heavy (non-hydrogen) atoms. The first-order valence-electron chi connectivity index (χ1n) is 4.24. The lowest BCUT2D eigenvalue weighted by Gasteiger charge is -2.19. The SMILES string of the molecule is C[C@](N)(C(=O)O)c1cccc(Br)c1[N+](=O)[O-].Cl. The van der Waals surface area contributed by atoms with E-state index in [9.17, 15) is 14.9 Å². The summed E-state index contributed by atoms with van der Waals surface area (Å²) in [4.78, 5) is 21.1. The van der Waals surface area contributed by atoms with Gasteiger partial charge in [0, 0.05) is 0 Å². The molecule has 0 fully saturated rings. The quantitative estimate of drug-likeness (QED) is 0.653. The number of carboxylic acid groups (broad SMARTS) is 1. The summed E-state index contributed by atoms with van der Waals surface area (Å²) in [6.07, 6.45) is 0. The Balaban J connectivity index is 0.00000256. The molecule has 8 heteroatoms. The Bertz CT molecular complexity index is 464. The van der Waals surface area contributed by atoms with Crippen LogP contribution in [0.25, 0.3) is 0 Å². The summed E-state index contributed by atoms with van der Waals surface area (Å²) in [5.41, 5.74) is 3.40. The number of carbonyl (C=O) groups is 1. The highest BCUT2D eigenvalue weighted by atomic mass is 79.9. The number of nitrogens with two attached hydrogens (primary N) is 1. The fourth-order valence-electron chi connectivity index (χ4n) is 1.24. The third-order valence-corrected chi connectivity index (χ3v) is 2.81. The third-order valence-electron chi connectivity index (χ3n) is 2.17. The van der Waals surface area contributed by atoms with Crippen LogP contribution >= 0.6 is 28.3 Å². The van der Waals surface area contributed by atoms with Gasteiger partial charge in [0.1, 0.15) is 5.54 Å². The molecule has 0 saturated heterocycles. The highest BCUT2D eigenvalue weighted by Gasteiger charge is 2.37. The summed E-state index contributed by atoms with van der Waals surface area (Å²) in [6, 6.07) is 4.29. The van der Waals surface area contributed by atoms with Crippen LogP contribution in [0.3, 0.4) is 0 Å². The van der Waals surface area contributed by atoms with Crippen molar-refractivity contribution in [3.63, 3.8) is 0 Å². The highest BCUT2D eigenvalue weighted by molar-refractivity contribution is 9.10. The lowest BCUT2D eigenvalue weighted by Crippen LogP contribution is -2.42. The molecule has 0 radical (unpaired) electrons. The van der Waals surface area contributed by atoms with Crippen LogP contribution < -0.4 is 5.73 Å². The molecule has 0 spiro atoms. The molecule has 0 unspecified atom stereocenters. The Hall–Kier alpha value is -1.18. The topological polar surface area (TPSA) is 106 Å². The van der Waals surface area contributed by atoms with E-state index in [1.165, 1.54) is 25.1 Å². The van der Waals surface area contributed by atoms with E-state index in [-0.39, 0.29) is 28.1 Å².